The van der Waals surface area contributed by atoms with Gasteiger partial charge in [-0.3, -0.25) is 4.79 Å². The molecule has 1 amide bonds. The van der Waals surface area contributed by atoms with Crippen LogP contribution in [0.3, 0.4) is 0 Å². The Morgan fingerprint density at radius 1 is 0.806 bits per heavy atom. The van der Waals surface area contributed by atoms with Gasteiger partial charge in [0.15, 0.2) is 22.9 Å². The molecule has 10 nitrogen and oxygen atoms in total. The molecule has 4 N–H and O–H groups in total. The van der Waals surface area contributed by atoms with Crippen LogP contribution in [-0.4, -0.2) is 79.6 Å². The highest BCUT2D eigenvalue weighted by Gasteiger charge is 2.31. The molecule has 0 unspecified atom stereocenters. The van der Waals surface area contributed by atoms with Crippen molar-refractivity contribution in [2.24, 2.45) is 0 Å². The van der Waals surface area contributed by atoms with E-state index in [2.05, 4.69) is 5.73 Å². The number of hydrogen-bond acceptors (Lipinski definition) is 7. The highest BCUT2D eigenvalue weighted by Crippen LogP contribution is 2.43. The average Bonchev–Trinajstić information content (AvgIpc) is 2.87. The van der Waals surface area contributed by atoms with Gasteiger partial charge < -0.3 is 68.8 Å². The fourth-order valence-electron chi connectivity index (χ4n) is 4.35. The number of nitrogens with zero attached hydrogens (tertiary/aromatic N) is 1. The quantitative estimate of drug-likeness (QED) is 0.322. The van der Waals surface area contributed by atoms with Gasteiger partial charge in [0.2, 0.25) is 17.2 Å². The van der Waals surface area contributed by atoms with Gasteiger partial charge in [0.05, 0.1) is 74.4 Å². The van der Waals surface area contributed by atoms with Crippen molar-refractivity contribution in [2.75, 3.05) is 68.8 Å². The zero-order valence-electron chi connectivity index (χ0n) is 21.5. The van der Waals surface area contributed by atoms with Crippen molar-refractivity contribution in [3.8, 4) is 34.5 Å². The lowest BCUT2D eigenvalue weighted by molar-refractivity contribution is -0.917. The Morgan fingerprint density at radius 2 is 1.33 bits per heavy atom. The second-order valence-corrected chi connectivity index (χ2v) is 7.88. The smallest absolute Gasteiger partial charge is 0.260 e. The van der Waals surface area contributed by atoms with Crippen molar-refractivity contribution < 1.29 is 68.7 Å². The SMILES string of the molecule is COc1ccc(C[NH+]2CCN(C(=O)c3cc(OC)c(OC)c(OC)c3[NH3+])CC2)c(OC)c1OC.[Cl-].[Cl-]. The molecule has 1 aliphatic heterocycles. The molecule has 1 aliphatic rings. The molecule has 2 aromatic carbocycles. The molecule has 0 aromatic heterocycles. The van der Waals surface area contributed by atoms with E-state index in [1.165, 1.54) is 26.2 Å². The Hall–Kier alpha value is -2.79. The van der Waals surface area contributed by atoms with Gasteiger partial charge in [-0.1, -0.05) is 0 Å². The predicted octanol–water partition coefficient (Wildman–Crippen LogP) is -5.84. The van der Waals surface area contributed by atoms with Gasteiger partial charge in [0.25, 0.3) is 5.91 Å². The number of methoxy groups -OCH3 is 6. The molecular weight excluding hydrogens is 513 g/mol. The first kappa shape index (κ1) is 31.2. The van der Waals surface area contributed by atoms with Gasteiger partial charge in [-0.05, 0) is 12.1 Å². The summed E-state index contributed by atoms with van der Waals surface area (Å²) < 4.78 is 32.8. The van der Waals surface area contributed by atoms with Gasteiger partial charge in [-0.2, -0.15) is 0 Å². The third kappa shape index (κ3) is 6.12. The molecule has 0 atom stereocenters. The number of nitrogens with one attached hydrogen (secondary N) is 1. The largest absolute Gasteiger partial charge is 1.00 e. The molecule has 36 heavy (non-hydrogen) atoms. The molecule has 202 valence electrons. The number of carbonyl (C=O) groups excluding carboxylic acids is 1. The predicted molar refractivity (Wildman–Crippen MR) is 125 cm³/mol. The first-order valence-corrected chi connectivity index (χ1v) is 11.0. The number of carbonyl (C=O) groups is 1. The summed E-state index contributed by atoms with van der Waals surface area (Å²) in [5, 5.41) is 0. The van der Waals surface area contributed by atoms with Crippen LogP contribution in [0.15, 0.2) is 18.2 Å². The summed E-state index contributed by atoms with van der Waals surface area (Å²) in [5.41, 5.74) is 6.02. The highest BCUT2D eigenvalue weighted by molar-refractivity contribution is 6.00. The lowest BCUT2D eigenvalue weighted by Gasteiger charge is -2.32. The van der Waals surface area contributed by atoms with Crippen LogP contribution >= 0.6 is 0 Å². The van der Waals surface area contributed by atoms with Crippen molar-refractivity contribution in [1.29, 1.82) is 0 Å². The van der Waals surface area contributed by atoms with Crippen molar-refractivity contribution in [3.63, 3.8) is 0 Å². The molecular formula is C24H35Cl2N3O7. The Bertz CT molecular complexity index is 1030. The van der Waals surface area contributed by atoms with Crippen LogP contribution in [0.25, 0.3) is 0 Å². The van der Waals surface area contributed by atoms with Crippen LogP contribution in [0, 0.1) is 0 Å². The maximum absolute atomic E-state index is 13.4. The maximum atomic E-state index is 13.4. The number of halogens is 2. The second-order valence-electron chi connectivity index (χ2n) is 7.88. The van der Waals surface area contributed by atoms with E-state index < -0.39 is 0 Å². The number of quaternary nitrogens is 2. The minimum Gasteiger partial charge on any atom is -1.00 e. The Balaban J connectivity index is 0.00000324. The summed E-state index contributed by atoms with van der Waals surface area (Å²) in [4.78, 5) is 16.5. The third-order valence-corrected chi connectivity index (χ3v) is 6.15. The summed E-state index contributed by atoms with van der Waals surface area (Å²) in [7, 11) is 9.39. The molecule has 0 bridgehead atoms. The minimum absolute atomic E-state index is 0. The summed E-state index contributed by atoms with van der Waals surface area (Å²) >= 11 is 0. The zero-order valence-corrected chi connectivity index (χ0v) is 23.0. The Morgan fingerprint density at radius 3 is 1.83 bits per heavy atom. The van der Waals surface area contributed by atoms with Crippen LogP contribution in [-0.2, 0) is 6.54 Å². The van der Waals surface area contributed by atoms with Crippen LogP contribution in [0.1, 0.15) is 15.9 Å². The first-order chi connectivity index (χ1) is 16.4. The fourth-order valence-corrected chi connectivity index (χ4v) is 4.35. The third-order valence-electron chi connectivity index (χ3n) is 6.15. The molecule has 3 rings (SSSR count). The van der Waals surface area contributed by atoms with E-state index in [0.717, 1.165) is 25.2 Å². The van der Waals surface area contributed by atoms with Crippen molar-refractivity contribution in [3.05, 3.63) is 29.3 Å². The lowest BCUT2D eigenvalue weighted by Crippen LogP contribution is -3.13. The standard InChI is InChI=1S/C24H33N3O7.2ClH/c1-29-17-8-7-15(20(31-3)21(17)32-4)14-26-9-11-27(12-10-26)24(28)16-13-18(30-2)22(33-5)23(34-6)19(16)25;;/h7-8,13H,9-12,14,25H2,1-6H3;2*1H. The number of amides is 1. The molecule has 1 heterocycles. The van der Waals surface area contributed by atoms with E-state index in [-0.39, 0.29) is 30.7 Å². The number of piperazine rings is 1. The van der Waals surface area contributed by atoms with Gasteiger partial charge in [-0.25, -0.2) is 0 Å². The molecule has 0 aliphatic carbocycles. The summed E-state index contributed by atoms with van der Waals surface area (Å²) in [5.74, 6) is 3.03. The fraction of sp³-hybridized carbons (Fsp3) is 0.458. The summed E-state index contributed by atoms with van der Waals surface area (Å²) in [6.45, 7) is 3.55. The van der Waals surface area contributed by atoms with E-state index in [4.69, 9.17) is 28.4 Å². The molecule has 1 fully saturated rings. The molecule has 12 heteroatoms. The Labute approximate surface area is 224 Å². The average molecular weight is 548 g/mol. The van der Waals surface area contributed by atoms with Gasteiger partial charge in [0.1, 0.15) is 12.1 Å². The van der Waals surface area contributed by atoms with Crippen LogP contribution in [0.4, 0.5) is 5.69 Å². The lowest BCUT2D eigenvalue weighted by atomic mass is 10.1. The van der Waals surface area contributed by atoms with E-state index >= 15 is 0 Å². The Kier molecular flexibility index (Phi) is 12.2. The van der Waals surface area contributed by atoms with Crippen LogP contribution < -0.4 is 63.9 Å². The van der Waals surface area contributed by atoms with E-state index in [1.807, 2.05) is 17.0 Å². The first-order valence-electron chi connectivity index (χ1n) is 11.0. The van der Waals surface area contributed by atoms with Crippen molar-refractivity contribution in [2.45, 2.75) is 6.54 Å². The number of ether oxygens (including phenoxy) is 6. The molecule has 1 saturated heterocycles. The normalized spacial score (nSPS) is 13.1. The van der Waals surface area contributed by atoms with Crippen LogP contribution in [0.2, 0.25) is 0 Å². The number of rotatable bonds is 9. The molecule has 0 saturated carbocycles. The topological polar surface area (TPSA) is 108 Å². The number of benzene rings is 2. The second kappa shape index (κ2) is 14.1. The van der Waals surface area contributed by atoms with E-state index in [1.54, 1.807) is 27.4 Å². The molecule has 0 radical (unpaired) electrons. The van der Waals surface area contributed by atoms with Gasteiger partial charge in [0, 0.05) is 6.07 Å². The molecule has 2 aromatic rings. The van der Waals surface area contributed by atoms with Crippen molar-refractivity contribution in [1.82, 2.24) is 4.90 Å². The minimum atomic E-state index is -0.105. The number of hydrogen-bond donors (Lipinski definition) is 2. The summed E-state index contributed by atoms with van der Waals surface area (Å²) in [6, 6.07) is 5.55. The molecule has 0 spiro atoms. The van der Waals surface area contributed by atoms with E-state index in [9.17, 15) is 4.79 Å². The monoisotopic (exact) mass is 547 g/mol. The van der Waals surface area contributed by atoms with Crippen LogP contribution in [0.5, 0.6) is 34.5 Å². The van der Waals surface area contributed by atoms with Gasteiger partial charge in [-0.15, -0.1) is 0 Å². The van der Waals surface area contributed by atoms with Gasteiger partial charge >= 0.3 is 0 Å². The maximum Gasteiger partial charge on any atom is 0.260 e. The van der Waals surface area contributed by atoms with Crippen molar-refractivity contribution >= 4 is 11.6 Å². The summed E-state index contributed by atoms with van der Waals surface area (Å²) in [6.07, 6.45) is 0. The zero-order chi connectivity index (χ0) is 24.8. The highest BCUT2D eigenvalue weighted by atomic mass is 35.5. The van der Waals surface area contributed by atoms with E-state index in [0.29, 0.717) is 58.8 Å².